The van der Waals surface area contributed by atoms with Crippen molar-refractivity contribution in [3.63, 3.8) is 0 Å². The number of Topliss-reactive ketones (excluding diaryl/α,β-unsaturated/α-hetero) is 1. The highest BCUT2D eigenvalue weighted by Gasteiger charge is 2.44. The molecule has 1 N–H and O–H groups in total. The molecule has 0 saturated heterocycles. The molecular formula is C26H19BrN2O5. The predicted molar refractivity (Wildman–Crippen MR) is 128 cm³/mol. The monoisotopic (exact) mass is 518 g/mol. The standard InChI is InChI=1S/C26H19BrN2O5/c1-33-19-5-2-16(3-6-19)23-22(24(30)21-13-17-12-18(27)4-7-20(17)34-21)25(31)26(32)29(23)14-15-8-10-28-11-9-15/h2-13,23,31H,14H2,1H3. The largest absolute Gasteiger partial charge is 0.503 e. The van der Waals surface area contributed by atoms with Gasteiger partial charge in [0.1, 0.15) is 11.3 Å². The lowest BCUT2D eigenvalue weighted by Crippen LogP contribution is -2.30. The average Bonchev–Trinajstić information content (AvgIpc) is 3.38. The van der Waals surface area contributed by atoms with Crippen LogP contribution in [-0.2, 0) is 11.3 Å². The zero-order valence-corrected chi connectivity index (χ0v) is 19.7. The SMILES string of the molecule is COc1ccc(C2C(C(=O)c3cc4cc(Br)ccc4o3)=C(O)C(=O)N2Cc2ccncc2)cc1. The van der Waals surface area contributed by atoms with E-state index < -0.39 is 23.5 Å². The van der Waals surface area contributed by atoms with Crippen molar-refractivity contribution in [1.29, 1.82) is 0 Å². The molecule has 3 heterocycles. The van der Waals surface area contributed by atoms with E-state index in [-0.39, 0.29) is 17.9 Å². The Balaban J connectivity index is 1.59. The Kier molecular flexibility index (Phi) is 5.67. The van der Waals surface area contributed by atoms with Gasteiger partial charge in [0.15, 0.2) is 11.5 Å². The molecule has 0 bridgehead atoms. The van der Waals surface area contributed by atoms with Crippen LogP contribution in [-0.4, -0.2) is 33.8 Å². The van der Waals surface area contributed by atoms with Crippen LogP contribution in [0.15, 0.2) is 93.3 Å². The summed E-state index contributed by atoms with van der Waals surface area (Å²) in [7, 11) is 1.56. The number of methoxy groups -OCH3 is 1. The lowest BCUT2D eigenvalue weighted by atomic mass is 9.94. The molecule has 2 aromatic heterocycles. The highest BCUT2D eigenvalue weighted by atomic mass is 79.9. The number of aromatic nitrogens is 1. The van der Waals surface area contributed by atoms with Gasteiger partial charge in [0.05, 0.1) is 18.7 Å². The van der Waals surface area contributed by atoms with Crippen molar-refractivity contribution < 1.29 is 23.8 Å². The molecule has 0 spiro atoms. The van der Waals surface area contributed by atoms with E-state index in [1.54, 1.807) is 68.0 Å². The van der Waals surface area contributed by atoms with Crippen molar-refractivity contribution in [3.8, 4) is 5.75 Å². The van der Waals surface area contributed by atoms with E-state index in [0.717, 1.165) is 15.4 Å². The number of furan rings is 1. The van der Waals surface area contributed by atoms with Crippen LogP contribution in [0.4, 0.5) is 0 Å². The van der Waals surface area contributed by atoms with Crippen molar-refractivity contribution >= 4 is 38.6 Å². The van der Waals surface area contributed by atoms with E-state index in [9.17, 15) is 14.7 Å². The summed E-state index contributed by atoms with van der Waals surface area (Å²) in [4.78, 5) is 32.3. The van der Waals surface area contributed by atoms with Crippen LogP contribution in [0, 0.1) is 0 Å². The van der Waals surface area contributed by atoms with E-state index in [1.807, 2.05) is 12.1 Å². The zero-order chi connectivity index (χ0) is 23.8. The van der Waals surface area contributed by atoms with E-state index in [1.165, 1.54) is 4.90 Å². The molecule has 7 nitrogen and oxygen atoms in total. The smallest absolute Gasteiger partial charge is 0.290 e. The van der Waals surface area contributed by atoms with E-state index in [2.05, 4.69) is 20.9 Å². The van der Waals surface area contributed by atoms with Gasteiger partial charge in [-0.2, -0.15) is 0 Å². The fourth-order valence-electron chi connectivity index (χ4n) is 4.13. The Morgan fingerprint density at radius 3 is 2.56 bits per heavy atom. The molecule has 4 aromatic rings. The van der Waals surface area contributed by atoms with Crippen LogP contribution in [0.2, 0.25) is 0 Å². The molecule has 1 atom stereocenters. The lowest BCUT2D eigenvalue weighted by Gasteiger charge is -2.27. The number of carbonyl (C=O) groups excluding carboxylic acids is 2. The fourth-order valence-corrected chi connectivity index (χ4v) is 4.50. The number of ketones is 1. The van der Waals surface area contributed by atoms with Gasteiger partial charge in [0.25, 0.3) is 5.91 Å². The first-order valence-electron chi connectivity index (χ1n) is 10.5. The van der Waals surface area contributed by atoms with Crippen molar-refractivity contribution in [2.24, 2.45) is 0 Å². The van der Waals surface area contributed by atoms with Crippen LogP contribution in [0.3, 0.4) is 0 Å². The van der Waals surface area contributed by atoms with Gasteiger partial charge in [-0.3, -0.25) is 14.6 Å². The molecule has 34 heavy (non-hydrogen) atoms. The molecule has 2 aromatic carbocycles. The molecular weight excluding hydrogens is 500 g/mol. The topological polar surface area (TPSA) is 92.9 Å². The summed E-state index contributed by atoms with van der Waals surface area (Å²) in [5.74, 6) is -1.07. The Morgan fingerprint density at radius 1 is 1.12 bits per heavy atom. The van der Waals surface area contributed by atoms with Gasteiger partial charge in [0, 0.05) is 28.8 Å². The summed E-state index contributed by atoms with van der Waals surface area (Å²) in [5.41, 5.74) is 1.99. The van der Waals surface area contributed by atoms with Gasteiger partial charge in [0.2, 0.25) is 5.78 Å². The van der Waals surface area contributed by atoms with Gasteiger partial charge in [-0.1, -0.05) is 28.1 Å². The summed E-state index contributed by atoms with van der Waals surface area (Å²) < 4.78 is 11.9. The van der Waals surface area contributed by atoms with Crippen LogP contribution in [0.25, 0.3) is 11.0 Å². The summed E-state index contributed by atoms with van der Waals surface area (Å²) in [6.07, 6.45) is 3.26. The third-order valence-electron chi connectivity index (χ3n) is 5.78. The maximum atomic E-state index is 13.6. The number of hydrogen-bond donors (Lipinski definition) is 1. The molecule has 0 fully saturated rings. The first kappa shape index (κ1) is 21.9. The summed E-state index contributed by atoms with van der Waals surface area (Å²) in [5, 5.41) is 11.6. The molecule has 8 heteroatoms. The maximum absolute atomic E-state index is 13.6. The molecule has 1 aliphatic rings. The van der Waals surface area contributed by atoms with Crippen LogP contribution in [0.1, 0.15) is 27.7 Å². The third kappa shape index (κ3) is 3.86. The molecule has 0 saturated carbocycles. The predicted octanol–water partition coefficient (Wildman–Crippen LogP) is 5.38. The van der Waals surface area contributed by atoms with Crippen molar-refractivity contribution in [3.05, 3.63) is 106 Å². The molecule has 1 unspecified atom stereocenters. The summed E-state index contributed by atoms with van der Waals surface area (Å²) in [6.45, 7) is 0.186. The third-order valence-corrected chi connectivity index (χ3v) is 6.28. The number of ether oxygens (including phenoxy) is 1. The summed E-state index contributed by atoms with van der Waals surface area (Å²) >= 11 is 3.41. The first-order valence-corrected chi connectivity index (χ1v) is 11.3. The Bertz CT molecular complexity index is 1430. The minimum absolute atomic E-state index is 0.0256. The Labute approximate surface area is 203 Å². The second kappa shape index (κ2) is 8.79. The van der Waals surface area contributed by atoms with E-state index >= 15 is 0 Å². The highest BCUT2D eigenvalue weighted by Crippen LogP contribution is 2.41. The minimum atomic E-state index is -0.806. The van der Waals surface area contributed by atoms with Crippen LogP contribution >= 0.6 is 15.9 Å². The number of hydrogen-bond acceptors (Lipinski definition) is 6. The van der Waals surface area contributed by atoms with E-state index in [4.69, 9.17) is 9.15 Å². The highest BCUT2D eigenvalue weighted by molar-refractivity contribution is 9.10. The number of rotatable bonds is 6. The van der Waals surface area contributed by atoms with Crippen molar-refractivity contribution in [2.45, 2.75) is 12.6 Å². The average molecular weight is 519 g/mol. The van der Waals surface area contributed by atoms with Crippen molar-refractivity contribution in [2.75, 3.05) is 7.11 Å². The number of pyridine rings is 1. The Hall–Kier alpha value is -3.91. The molecule has 1 amide bonds. The molecule has 0 aliphatic carbocycles. The van der Waals surface area contributed by atoms with Gasteiger partial charge in [-0.15, -0.1) is 0 Å². The number of aliphatic hydroxyl groups excluding tert-OH is 1. The number of aliphatic hydroxyl groups is 1. The second-order valence-electron chi connectivity index (χ2n) is 7.85. The molecule has 0 radical (unpaired) electrons. The molecule has 5 rings (SSSR count). The number of carbonyl (C=O) groups is 2. The molecule has 170 valence electrons. The molecule has 1 aliphatic heterocycles. The second-order valence-corrected chi connectivity index (χ2v) is 8.76. The van der Waals surface area contributed by atoms with Gasteiger partial charge < -0.3 is 19.2 Å². The van der Waals surface area contributed by atoms with E-state index in [0.29, 0.717) is 16.9 Å². The van der Waals surface area contributed by atoms with Gasteiger partial charge in [-0.05, 0) is 59.7 Å². The number of benzene rings is 2. The van der Waals surface area contributed by atoms with Gasteiger partial charge >= 0.3 is 0 Å². The number of halogens is 1. The fraction of sp³-hybridized carbons (Fsp3) is 0.115. The first-order chi connectivity index (χ1) is 16.5. The minimum Gasteiger partial charge on any atom is -0.503 e. The number of amides is 1. The van der Waals surface area contributed by atoms with Crippen LogP contribution in [0.5, 0.6) is 5.75 Å². The van der Waals surface area contributed by atoms with Gasteiger partial charge in [-0.25, -0.2) is 0 Å². The quantitative estimate of drug-likeness (QED) is 0.344. The number of fused-ring (bicyclic) bond motifs is 1. The zero-order valence-electron chi connectivity index (χ0n) is 18.1. The van der Waals surface area contributed by atoms with Crippen LogP contribution < -0.4 is 4.74 Å². The number of nitrogens with zero attached hydrogens (tertiary/aromatic N) is 2. The Morgan fingerprint density at radius 2 is 1.85 bits per heavy atom. The summed E-state index contributed by atoms with van der Waals surface area (Å²) in [6, 6.07) is 16.8. The van der Waals surface area contributed by atoms with Crippen molar-refractivity contribution in [1.82, 2.24) is 9.88 Å². The lowest BCUT2D eigenvalue weighted by molar-refractivity contribution is -0.130. The normalized spacial score (nSPS) is 15.9. The maximum Gasteiger partial charge on any atom is 0.290 e.